The molecule has 0 N–H and O–H groups in total. The van der Waals surface area contributed by atoms with Crippen LogP contribution in [0.25, 0.3) is 0 Å². The molecule has 0 atom stereocenters. The maximum atomic E-state index is 11.4. The number of rotatable bonds is 7. The Kier molecular flexibility index (Phi) is 6.95. The fraction of sp³-hybridized carbons (Fsp3) is 0.571. The van der Waals surface area contributed by atoms with Gasteiger partial charge in [0, 0.05) is 16.7 Å². The standard InChI is InChI=1S/C14H20BrNO4/c1-14(2,3)20-13(17)6-7-18-8-9-19-12-5-4-11(15)10-16-12/h4-5,10H,6-9H2,1-3H3. The van der Waals surface area contributed by atoms with Crippen LogP contribution in [0.4, 0.5) is 0 Å². The van der Waals surface area contributed by atoms with E-state index in [4.69, 9.17) is 14.2 Å². The highest BCUT2D eigenvalue weighted by Crippen LogP contribution is 2.12. The van der Waals surface area contributed by atoms with Gasteiger partial charge < -0.3 is 14.2 Å². The molecule has 1 aromatic rings. The quantitative estimate of drug-likeness (QED) is 0.561. The predicted molar refractivity (Wildman–Crippen MR) is 78.7 cm³/mol. The Hall–Kier alpha value is -1.14. The van der Waals surface area contributed by atoms with Gasteiger partial charge in [0.1, 0.15) is 12.2 Å². The van der Waals surface area contributed by atoms with Crippen LogP contribution < -0.4 is 4.74 Å². The number of hydrogen-bond donors (Lipinski definition) is 0. The molecule has 1 heterocycles. The zero-order chi connectivity index (χ0) is 15.0. The second-order valence-electron chi connectivity index (χ2n) is 5.11. The van der Waals surface area contributed by atoms with Crippen molar-refractivity contribution in [2.75, 3.05) is 19.8 Å². The molecule has 1 rings (SSSR count). The van der Waals surface area contributed by atoms with Gasteiger partial charge >= 0.3 is 5.97 Å². The third-order valence-electron chi connectivity index (χ3n) is 2.05. The van der Waals surface area contributed by atoms with Crippen LogP contribution in [0.2, 0.25) is 0 Å². The minimum Gasteiger partial charge on any atom is -0.475 e. The molecule has 0 aliphatic rings. The van der Waals surface area contributed by atoms with E-state index in [0.29, 0.717) is 25.7 Å². The number of carbonyl (C=O) groups excluding carboxylic acids is 1. The molecule has 0 amide bonds. The Labute approximate surface area is 127 Å². The van der Waals surface area contributed by atoms with Gasteiger partial charge in [0.05, 0.1) is 19.6 Å². The van der Waals surface area contributed by atoms with Gasteiger partial charge in [0.2, 0.25) is 5.88 Å². The van der Waals surface area contributed by atoms with Crippen molar-refractivity contribution in [2.45, 2.75) is 32.8 Å². The lowest BCUT2D eigenvalue weighted by atomic mass is 10.2. The van der Waals surface area contributed by atoms with Crippen molar-refractivity contribution in [1.82, 2.24) is 4.98 Å². The zero-order valence-corrected chi connectivity index (χ0v) is 13.6. The third kappa shape index (κ3) is 8.12. The van der Waals surface area contributed by atoms with Crippen molar-refractivity contribution < 1.29 is 19.0 Å². The van der Waals surface area contributed by atoms with E-state index in [1.165, 1.54) is 0 Å². The molecular formula is C14H20BrNO4. The summed E-state index contributed by atoms with van der Waals surface area (Å²) in [5, 5.41) is 0. The monoisotopic (exact) mass is 345 g/mol. The molecule has 5 nitrogen and oxygen atoms in total. The first kappa shape index (κ1) is 16.9. The number of aromatic nitrogens is 1. The van der Waals surface area contributed by atoms with Crippen LogP contribution in [0.1, 0.15) is 27.2 Å². The summed E-state index contributed by atoms with van der Waals surface area (Å²) >= 11 is 3.30. The van der Waals surface area contributed by atoms with Gasteiger partial charge in [-0.3, -0.25) is 4.79 Å². The van der Waals surface area contributed by atoms with Crippen molar-refractivity contribution >= 4 is 21.9 Å². The number of pyridine rings is 1. The van der Waals surface area contributed by atoms with Crippen LogP contribution in [0.15, 0.2) is 22.8 Å². The van der Waals surface area contributed by atoms with Crippen molar-refractivity contribution in [3.05, 3.63) is 22.8 Å². The second kappa shape index (κ2) is 8.21. The molecule has 0 fully saturated rings. The van der Waals surface area contributed by atoms with Crippen LogP contribution in [0.5, 0.6) is 5.88 Å². The molecule has 0 bridgehead atoms. The molecule has 1 aromatic heterocycles. The number of nitrogens with zero attached hydrogens (tertiary/aromatic N) is 1. The Balaban J connectivity index is 2.05. The lowest BCUT2D eigenvalue weighted by Gasteiger charge is -2.19. The fourth-order valence-corrected chi connectivity index (χ4v) is 1.54. The van der Waals surface area contributed by atoms with Crippen LogP contribution in [-0.4, -0.2) is 36.4 Å². The van der Waals surface area contributed by atoms with Gasteiger partial charge in [-0.1, -0.05) is 0 Å². The van der Waals surface area contributed by atoms with Crippen LogP contribution in [0.3, 0.4) is 0 Å². The molecule has 0 unspecified atom stereocenters. The van der Waals surface area contributed by atoms with Gasteiger partial charge in [-0.2, -0.15) is 0 Å². The normalized spacial score (nSPS) is 11.2. The molecule has 0 aliphatic heterocycles. The first-order valence-electron chi connectivity index (χ1n) is 6.41. The van der Waals surface area contributed by atoms with Crippen molar-refractivity contribution in [3.8, 4) is 5.88 Å². The summed E-state index contributed by atoms with van der Waals surface area (Å²) in [5.74, 6) is 0.289. The highest BCUT2D eigenvalue weighted by atomic mass is 79.9. The Bertz CT molecular complexity index is 414. The average molecular weight is 346 g/mol. The highest BCUT2D eigenvalue weighted by molar-refractivity contribution is 9.10. The topological polar surface area (TPSA) is 57.7 Å². The molecule has 0 aromatic carbocycles. The smallest absolute Gasteiger partial charge is 0.308 e. The van der Waals surface area contributed by atoms with E-state index in [-0.39, 0.29) is 12.4 Å². The minimum absolute atomic E-state index is 0.244. The summed E-state index contributed by atoms with van der Waals surface area (Å²) in [4.78, 5) is 15.5. The van der Waals surface area contributed by atoms with Crippen molar-refractivity contribution in [1.29, 1.82) is 0 Å². The number of esters is 1. The zero-order valence-electron chi connectivity index (χ0n) is 12.0. The van der Waals surface area contributed by atoms with E-state index in [0.717, 1.165) is 4.47 Å². The fourth-order valence-electron chi connectivity index (χ4n) is 1.30. The van der Waals surface area contributed by atoms with E-state index < -0.39 is 5.60 Å². The first-order chi connectivity index (χ1) is 9.37. The van der Waals surface area contributed by atoms with Crippen molar-refractivity contribution in [2.24, 2.45) is 0 Å². The molecule has 112 valence electrons. The summed E-state index contributed by atoms with van der Waals surface area (Å²) in [6.07, 6.45) is 1.91. The predicted octanol–water partition coefficient (Wildman–Crippen LogP) is 2.97. The van der Waals surface area contributed by atoms with E-state index in [2.05, 4.69) is 20.9 Å². The summed E-state index contributed by atoms with van der Waals surface area (Å²) in [6.45, 7) is 6.63. The number of halogens is 1. The Morgan fingerprint density at radius 2 is 2.00 bits per heavy atom. The summed E-state index contributed by atoms with van der Waals surface area (Å²) in [6, 6.07) is 3.62. The van der Waals surface area contributed by atoms with Gasteiger partial charge in [-0.15, -0.1) is 0 Å². The lowest BCUT2D eigenvalue weighted by molar-refractivity contribution is -0.156. The summed E-state index contributed by atoms with van der Waals surface area (Å²) in [7, 11) is 0. The molecule has 0 saturated carbocycles. The van der Waals surface area contributed by atoms with Crippen LogP contribution >= 0.6 is 15.9 Å². The number of hydrogen-bond acceptors (Lipinski definition) is 5. The van der Waals surface area contributed by atoms with E-state index in [9.17, 15) is 4.79 Å². The molecule has 0 saturated heterocycles. The molecule has 6 heteroatoms. The number of ether oxygens (including phenoxy) is 3. The number of carbonyl (C=O) groups is 1. The Morgan fingerprint density at radius 1 is 1.25 bits per heavy atom. The van der Waals surface area contributed by atoms with E-state index in [1.54, 1.807) is 12.3 Å². The van der Waals surface area contributed by atoms with E-state index >= 15 is 0 Å². The molecular weight excluding hydrogens is 326 g/mol. The second-order valence-corrected chi connectivity index (χ2v) is 6.03. The SMILES string of the molecule is CC(C)(C)OC(=O)CCOCCOc1ccc(Br)cn1. The van der Waals surface area contributed by atoms with Crippen LogP contribution in [-0.2, 0) is 14.3 Å². The first-order valence-corrected chi connectivity index (χ1v) is 7.20. The maximum Gasteiger partial charge on any atom is 0.308 e. The van der Waals surface area contributed by atoms with Gasteiger partial charge in [0.15, 0.2) is 0 Å². The molecule has 0 radical (unpaired) electrons. The largest absolute Gasteiger partial charge is 0.475 e. The lowest BCUT2D eigenvalue weighted by Crippen LogP contribution is -2.24. The summed E-state index contributed by atoms with van der Waals surface area (Å²) in [5.41, 5.74) is -0.451. The minimum atomic E-state index is -0.451. The summed E-state index contributed by atoms with van der Waals surface area (Å²) < 4.78 is 16.7. The third-order valence-corrected chi connectivity index (χ3v) is 2.52. The molecule has 20 heavy (non-hydrogen) atoms. The molecule has 0 aliphatic carbocycles. The Morgan fingerprint density at radius 3 is 2.60 bits per heavy atom. The van der Waals surface area contributed by atoms with Gasteiger partial charge in [-0.05, 0) is 42.8 Å². The van der Waals surface area contributed by atoms with Gasteiger partial charge in [-0.25, -0.2) is 4.98 Å². The maximum absolute atomic E-state index is 11.4. The van der Waals surface area contributed by atoms with Crippen molar-refractivity contribution in [3.63, 3.8) is 0 Å². The average Bonchev–Trinajstić information content (AvgIpc) is 2.33. The molecule has 0 spiro atoms. The highest BCUT2D eigenvalue weighted by Gasteiger charge is 2.15. The van der Waals surface area contributed by atoms with Gasteiger partial charge in [0.25, 0.3) is 0 Å². The van der Waals surface area contributed by atoms with Crippen LogP contribution in [0, 0.1) is 0 Å². The van der Waals surface area contributed by atoms with E-state index in [1.807, 2.05) is 26.8 Å².